The number of imidazole rings is 1. The number of aromatic nitrogens is 3. The van der Waals surface area contributed by atoms with Crippen LogP contribution in [0.2, 0.25) is 0 Å². The highest BCUT2D eigenvalue weighted by Gasteiger charge is 2.23. The van der Waals surface area contributed by atoms with Gasteiger partial charge < -0.3 is 4.57 Å². The maximum absolute atomic E-state index is 4.84. The van der Waals surface area contributed by atoms with Gasteiger partial charge in [0.1, 0.15) is 5.82 Å². The first kappa shape index (κ1) is 13.3. The highest BCUT2D eigenvalue weighted by atomic mass is 15.2. The van der Waals surface area contributed by atoms with E-state index in [0.29, 0.717) is 5.92 Å². The molecule has 0 radical (unpaired) electrons. The van der Waals surface area contributed by atoms with Crippen LogP contribution in [0.3, 0.4) is 0 Å². The van der Waals surface area contributed by atoms with Gasteiger partial charge in [-0.05, 0) is 12.1 Å². The normalized spacial score (nSPS) is 15.6. The van der Waals surface area contributed by atoms with E-state index in [4.69, 9.17) is 4.98 Å². The van der Waals surface area contributed by atoms with Crippen LogP contribution in [0, 0.1) is 0 Å². The fraction of sp³-hybridized carbons (Fsp3) is 0.500. The molecule has 0 N–H and O–H groups in total. The van der Waals surface area contributed by atoms with Crippen molar-refractivity contribution >= 4 is 0 Å². The van der Waals surface area contributed by atoms with E-state index in [-0.39, 0.29) is 0 Å². The summed E-state index contributed by atoms with van der Waals surface area (Å²) in [4.78, 5) is 11.7. The second kappa shape index (κ2) is 5.37. The third-order valence-electron chi connectivity index (χ3n) is 4.00. The monoisotopic (exact) mass is 270 g/mol. The second-order valence-corrected chi connectivity index (χ2v) is 5.86. The van der Waals surface area contributed by atoms with Crippen LogP contribution in [-0.4, -0.2) is 26.0 Å². The van der Waals surface area contributed by atoms with Crippen LogP contribution in [0.5, 0.6) is 0 Å². The maximum Gasteiger partial charge on any atom is 0.111 e. The van der Waals surface area contributed by atoms with Crippen LogP contribution in [0.15, 0.2) is 24.4 Å². The Kier molecular flexibility index (Phi) is 3.57. The highest BCUT2D eigenvalue weighted by Crippen LogP contribution is 2.23. The van der Waals surface area contributed by atoms with Gasteiger partial charge in [-0.15, -0.1) is 0 Å². The number of nitrogens with zero attached hydrogens (tertiary/aromatic N) is 4. The van der Waals surface area contributed by atoms with Crippen molar-refractivity contribution < 1.29 is 0 Å². The molecule has 2 aromatic heterocycles. The first-order valence-electron chi connectivity index (χ1n) is 7.31. The van der Waals surface area contributed by atoms with Gasteiger partial charge in [-0.3, -0.25) is 9.88 Å². The number of hydrogen-bond acceptors (Lipinski definition) is 3. The van der Waals surface area contributed by atoms with Crippen LogP contribution in [0.1, 0.15) is 42.7 Å². The summed E-state index contributed by atoms with van der Waals surface area (Å²) in [5, 5.41) is 0. The Bertz CT molecular complexity index is 586. The Labute approximate surface area is 120 Å². The lowest BCUT2D eigenvalue weighted by Crippen LogP contribution is -2.31. The molecule has 1 aliphatic rings. The molecule has 106 valence electrons. The van der Waals surface area contributed by atoms with Crippen molar-refractivity contribution in [3.8, 4) is 0 Å². The molecule has 0 atom stereocenters. The van der Waals surface area contributed by atoms with Crippen LogP contribution in [0.25, 0.3) is 0 Å². The molecule has 4 heteroatoms. The molecule has 0 saturated carbocycles. The van der Waals surface area contributed by atoms with Gasteiger partial charge in [-0.2, -0.15) is 0 Å². The van der Waals surface area contributed by atoms with Crippen molar-refractivity contribution in [1.29, 1.82) is 0 Å². The Morgan fingerprint density at radius 2 is 2.15 bits per heavy atom. The highest BCUT2D eigenvalue weighted by molar-refractivity contribution is 5.21. The van der Waals surface area contributed by atoms with Crippen molar-refractivity contribution in [1.82, 2.24) is 19.4 Å². The minimum atomic E-state index is 0.481. The Morgan fingerprint density at radius 3 is 2.85 bits per heavy atom. The molecule has 0 saturated heterocycles. The fourth-order valence-electron chi connectivity index (χ4n) is 2.98. The quantitative estimate of drug-likeness (QED) is 0.859. The Morgan fingerprint density at radius 1 is 1.30 bits per heavy atom. The van der Waals surface area contributed by atoms with Gasteiger partial charge in [0.15, 0.2) is 0 Å². The SMILES string of the molecule is CC(C)c1nc2c(n1C)CCN(Cc1ccccn1)C2. The number of pyridine rings is 1. The lowest BCUT2D eigenvalue weighted by Gasteiger charge is -2.26. The summed E-state index contributed by atoms with van der Waals surface area (Å²) in [5.41, 5.74) is 3.79. The second-order valence-electron chi connectivity index (χ2n) is 5.86. The van der Waals surface area contributed by atoms with E-state index in [1.165, 1.54) is 17.2 Å². The van der Waals surface area contributed by atoms with Crippen LogP contribution >= 0.6 is 0 Å². The number of hydrogen-bond donors (Lipinski definition) is 0. The average Bonchev–Trinajstić information content (AvgIpc) is 2.77. The zero-order valence-corrected chi connectivity index (χ0v) is 12.5. The van der Waals surface area contributed by atoms with E-state index in [9.17, 15) is 0 Å². The lowest BCUT2D eigenvalue weighted by atomic mass is 10.1. The Hall–Kier alpha value is -1.68. The minimum absolute atomic E-state index is 0.481. The first-order chi connectivity index (χ1) is 9.65. The summed E-state index contributed by atoms with van der Waals surface area (Å²) in [6, 6.07) is 6.11. The number of fused-ring (bicyclic) bond motifs is 1. The molecular weight excluding hydrogens is 248 g/mol. The zero-order chi connectivity index (χ0) is 14.1. The van der Waals surface area contributed by atoms with Gasteiger partial charge >= 0.3 is 0 Å². The predicted octanol–water partition coefficient (Wildman–Crippen LogP) is 2.50. The average molecular weight is 270 g/mol. The fourth-order valence-corrected chi connectivity index (χ4v) is 2.98. The zero-order valence-electron chi connectivity index (χ0n) is 12.5. The van der Waals surface area contributed by atoms with Crippen molar-refractivity contribution in [3.05, 3.63) is 47.3 Å². The summed E-state index contributed by atoms with van der Waals surface area (Å²) in [6.45, 7) is 7.35. The predicted molar refractivity (Wildman–Crippen MR) is 79.4 cm³/mol. The van der Waals surface area contributed by atoms with E-state index < -0.39 is 0 Å². The molecule has 0 bridgehead atoms. The van der Waals surface area contributed by atoms with Gasteiger partial charge in [0.05, 0.1) is 11.4 Å². The molecule has 2 aromatic rings. The maximum atomic E-state index is 4.84. The molecule has 20 heavy (non-hydrogen) atoms. The smallest absolute Gasteiger partial charge is 0.111 e. The van der Waals surface area contributed by atoms with E-state index in [1.807, 2.05) is 12.3 Å². The minimum Gasteiger partial charge on any atom is -0.335 e. The van der Waals surface area contributed by atoms with Gasteiger partial charge in [0.25, 0.3) is 0 Å². The number of rotatable bonds is 3. The summed E-state index contributed by atoms with van der Waals surface area (Å²) in [7, 11) is 2.15. The first-order valence-corrected chi connectivity index (χ1v) is 7.31. The van der Waals surface area contributed by atoms with Gasteiger partial charge in [0.2, 0.25) is 0 Å². The third kappa shape index (κ3) is 2.48. The standard InChI is InChI=1S/C16H22N4/c1-12(2)16-18-14-11-20(9-7-15(14)19(16)3)10-13-6-4-5-8-17-13/h4-6,8,12H,7,9-11H2,1-3H3. The van der Waals surface area contributed by atoms with Gasteiger partial charge in [0, 0.05) is 50.9 Å². The molecule has 4 nitrogen and oxygen atoms in total. The third-order valence-corrected chi connectivity index (χ3v) is 4.00. The van der Waals surface area contributed by atoms with Gasteiger partial charge in [-0.25, -0.2) is 4.98 Å². The van der Waals surface area contributed by atoms with Gasteiger partial charge in [-0.1, -0.05) is 19.9 Å². The molecule has 0 unspecified atom stereocenters. The van der Waals surface area contributed by atoms with E-state index in [0.717, 1.165) is 31.7 Å². The molecule has 0 amide bonds. The molecule has 0 aromatic carbocycles. The van der Waals surface area contributed by atoms with Crippen molar-refractivity contribution in [2.75, 3.05) is 6.54 Å². The molecule has 3 heterocycles. The molecule has 0 aliphatic carbocycles. The molecule has 3 rings (SSSR count). The summed E-state index contributed by atoms with van der Waals surface area (Å²) in [6.07, 6.45) is 2.95. The van der Waals surface area contributed by atoms with Crippen molar-refractivity contribution in [3.63, 3.8) is 0 Å². The summed E-state index contributed by atoms with van der Waals surface area (Å²) < 4.78 is 2.29. The molecule has 0 fully saturated rings. The largest absolute Gasteiger partial charge is 0.335 e. The van der Waals surface area contributed by atoms with E-state index in [1.54, 1.807) is 0 Å². The van der Waals surface area contributed by atoms with Crippen LogP contribution in [0.4, 0.5) is 0 Å². The van der Waals surface area contributed by atoms with Crippen LogP contribution in [-0.2, 0) is 26.6 Å². The molecule has 0 spiro atoms. The van der Waals surface area contributed by atoms with Crippen molar-refractivity contribution in [2.45, 2.75) is 39.3 Å². The van der Waals surface area contributed by atoms with E-state index >= 15 is 0 Å². The van der Waals surface area contributed by atoms with E-state index in [2.05, 4.69) is 47.5 Å². The topological polar surface area (TPSA) is 34.0 Å². The summed E-state index contributed by atoms with van der Waals surface area (Å²) >= 11 is 0. The molecular formula is C16H22N4. The van der Waals surface area contributed by atoms with Crippen LogP contribution < -0.4 is 0 Å². The van der Waals surface area contributed by atoms with Crippen molar-refractivity contribution in [2.24, 2.45) is 7.05 Å². The lowest BCUT2D eigenvalue weighted by molar-refractivity contribution is 0.237. The molecule has 1 aliphatic heterocycles. The summed E-state index contributed by atoms with van der Waals surface area (Å²) in [5.74, 6) is 1.68. The Balaban J connectivity index is 1.77.